The minimum Gasteiger partial charge on any atom is -0.461 e. The van der Waals surface area contributed by atoms with Crippen LogP contribution in [0.15, 0.2) is 69.1 Å². The Kier molecular flexibility index (Phi) is 8.63. The number of esters is 5. The summed E-state index contributed by atoms with van der Waals surface area (Å²) in [5.74, 6) is -7.12. The Balaban J connectivity index is 1.36. The topological polar surface area (TPSA) is 169 Å². The first kappa shape index (κ1) is 35.8. The van der Waals surface area contributed by atoms with Crippen molar-refractivity contribution in [1.29, 1.82) is 0 Å². The third kappa shape index (κ3) is 5.11. The molecule has 0 aromatic rings. The van der Waals surface area contributed by atoms with E-state index in [1.165, 1.54) is 6.08 Å². The minimum atomic E-state index is -1.46. The summed E-state index contributed by atoms with van der Waals surface area (Å²) >= 11 is 0. The fraction of sp³-hybridized carbons (Fsp3) is 0.550. The summed E-state index contributed by atoms with van der Waals surface area (Å²) in [4.78, 5) is 80.1. The number of aliphatic hydroxyl groups excluding tert-OH is 1. The van der Waals surface area contributed by atoms with Gasteiger partial charge in [-0.05, 0) is 52.3 Å². The zero-order chi connectivity index (χ0) is 37.7. The molecule has 12 heteroatoms. The highest BCUT2D eigenvalue weighted by Gasteiger charge is 2.65. The van der Waals surface area contributed by atoms with E-state index in [2.05, 4.69) is 0 Å². The van der Waals surface area contributed by atoms with E-state index < -0.39 is 101 Å². The summed E-state index contributed by atoms with van der Waals surface area (Å²) in [5.41, 5.74) is 1.33. The molecule has 7 rings (SSSR count). The summed E-state index contributed by atoms with van der Waals surface area (Å²) in [7, 11) is 0. The fourth-order valence-corrected chi connectivity index (χ4v) is 9.65. The van der Waals surface area contributed by atoms with Crippen LogP contribution in [0.3, 0.4) is 0 Å². The molecule has 3 aliphatic heterocycles. The van der Waals surface area contributed by atoms with Gasteiger partial charge in [-0.25, -0.2) is 14.4 Å². The molecule has 52 heavy (non-hydrogen) atoms. The molecule has 12 atom stereocenters. The molecule has 0 amide bonds. The molecule has 2 fully saturated rings. The Morgan fingerprint density at radius 1 is 0.885 bits per heavy atom. The van der Waals surface area contributed by atoms with Gasteiger partial charge in [-0.2, -0.15) is 0 Å². The first-order valence-corrected chi connectivity index (χ1v) is 17.9. The molecule has 0 aromatic carbocycles. The number of hydrogen-bond donors (Lipinski definition) is 1. The number of fused-ring (bicyclic) bond motifs is 5. The Labute approximate surface area is 301 Å². The number of ketones is 1. The van der Waals surface area contributed by atoms with Crippen LogP contribution < -0.4 is 0 Å². The predicted molar refractivity (Wildman–Crippen MR) is 181 cm³/mol. The Morgan fingerprint density at radius 3 is 2.00 bits per heavy atom. The standard InChI is InChI=1S/C40H44O12/c1-9-15(3)35(43)48-23-12-20(29-22(41)11-17(5)26(29)32-27(23)18(6)37(45)51-32)34(42)40(8)14-25-30-21(39(47)50-25)13-24(49-36(44)16(4)10-2)28-19(7)38(46)52-33(28)31(30)40/h9-11,14,18-19,23-24,26-28,31-34,42H,12-13H2,1-8H3/b15-9+,16-10+/t18-,19-,23-,24-,26+,27-,28-,31+,32-,33+,34-,40-/m1/s1. The lowest BCUT2D eigenvalue weighted by Crippen LogP contribution is -2.47. The van der Waals surface area contributed by atoms with Crippen molar-refractivity contribution in [2.24, 2.45) is 40.9 Å². The highest BCUT2D eigenvalue weighted by Crippen LogP contribution is 2.61. The van der Waals surface area contributed by atoms with Crippen molar-refractivity contribution < 1.29 is 57.6 Å². The largest absolute Gasteiger partial charge is 0.461 e. The number of allylic oxidation sites excluding steroid dienone is 4. The van der Waals surface area contributed by atoms with Crippen LogP contribution in [0.25, 0.3) is 0 Å². The lowest BCUT2D eigenvalue weighted by molar-refractivity contribution is -0.151. The Hall–Kier alpha value is -4.58. The quantitative estimate of drug-likeness (QED) is 0.238. The van der Waals surface area contributed by atoms with Crippen molar-refractivity contribution in [1.82, 2.24) is 0 Å². The molecule has 0 spiro atoms. The second kappa shape index (κ2) is 12.5. The molecule has 1 N–H and O–H groups in total. The van der Waals surface area contributed by atoms with Crippen molar-refractivity contribution in [3.05, 3.63) is 69.1 Å². The molecule has 4 aliphatic carbocycles. The van der Waals surface area contributed by atoms with Gasteiger partial charge >= 0.3 is 29.8 Å². The van der Waals surface area contributed by atoms with Gasteiger partial charge in [0, 0.05) is 69.8 Å². The number of carbonyl (C=O) groups is 6. The molecule has 3 heterocycles. The number of rotatable bonds is 6. The maximum atomic E-state index is 13.9. The summed E-state index contributed by atoms with van der Waals surface area (Å²) in [5, 5.41) is 12.9. The zero-order valence-electron chi connectivity index (χ0n) is 30.5. The molecule has 0 aromatic heterocycles. The second-order valence-corrected chi connectivity index (χ2v) is 15.5. The molecule has 7 aliphatic rings. The Bertz CT molecular complexity index is 1900. The van der Waals surface area contributed by atoms with Gasteiger partial charge in [-0.1, -0.05) is 38.5 Å². The third-order valence-corrected chi connectivity index (χ3v) is 12.7. The molecule has 0 bridgehead atoms. The first-order valence-electron chi connectivity index (χ1n) is 17.9. The lowest BCUT2D eigenvalue weighted by atomic mass is 9.65. The summed E-state index contributed by atoms with van der Waals surface area (Å²) in [6, 6.07) is 0. The number of hydrogen-bond acceptors (Lipinski definition) is 12. The molecule has 12 nitrogen and oxygen atoms in total. The number of carbonyl (C=O) groups excluding carboxylic acids is 6. The molecule has 276 valence electrons. The smallest absolute Gasteiger partial charge is 0.339 e. The second-order valence-electron chi connectivity index (χ2n) is 15.5. The first-order chi connectivity index (χ1) is 24.5. The van der Waals surface area contributed by atoms with Gasteiger partial charge in [-0.3, -0.25) is 14.4 Å². The van der Waals surface area contributed by atoms with E-state index in [9.17, 15) is 33.9 Å². The van der Waals surface area contributed by atoms with Crippen LogP contribution >= 0.6 is 0 Å². The average Bonchev–Trinajstić information content (AvgIpc) is 3.78. The maximum absolute atomic E-state index is 13.9. The van der Waals surface area contributed by atoms with Crippen LogP contribution in [0.1, 0.15) is 68.2 Å². The summed E-state index contributed by atoms with van der Waals surface area (Å²) < 4.78 is 29.9. The lowest BCUT2D eigenvalue weighted by Gasteiger charge is -2.41. The van der Waals surface area contributed by atoms with Crippen LogP contribution in [0.5, 0.6) is 0 Å². The third-order valence-electron chi connectivity index (χ3n) is 12.7. The molecular formula is C40H44O12. The summed E-state index contributed by atoms with van der Waals surface area (Å²) in [6.45, 7) is 13.6. The summed E-state index contributed by atoms with van der Waals surface area (Å²) in [6.07, 6.45) is 1.16. The van der Waals surface area contributed by atoms with Crippen molar-refractivity contribution in [2.45, 2.75) is 98.8 Å². The van der Waals surface area contributed by atoms with Gasteiger partial charge in [0.15, 0.2) is 5.78 Å². The van der Waals surface area contributed by atoms with Crippen LogP contribution in [0.4, 0.5) is 0 Å². The van der Waals surface area contributed by atoms with Gasteiger partial charge in [0.2, 0.25) is 0 Å². The van der Waals surface area contributed by atoms with Gasteiger partial charge in [0.1, 0.15) is 30.2 Å². The monoisotopic (exact) mass is 716 g/mol. The highest BCUT2D eigenvalue weighted by molar-refractivity contribution is 6.09. The highest BCUT2D eigenvalue weighted by atomic mass is 16.6. The van der Waals surface area contributed by atoms with E-state index >= 15 is 0 Å². The van der Waals surface area contributed by atoms with Gasteiger partial charge < -0.3 is 28.8 Å². The van der Waals surface area contributed by atoms with Crippen molar-refractivity contribution in [2.75, 3.05) is 0 Å². The van der Waals surface area contributed by atoms with E-state index in [1.807, 2.05) is 0 Å². The molecule has 0 saturated carbocycles. The SMILES string of the molecule is C/C=C(\C)C(=O)O[C@@H]1CC([C@@H](O)[C@]2(C)C=C3OC(=O)C4=C3[C@H]2[C@H]2OC(=O)[C@H](C)[C@@H]2[C@H](OC(=O)/C(C)=C/C)C4)=C2C(=O)C=C(C)[C@@H]2[C@H]2OC(=O)[C@H](C)[C@@H]21. The minimum absolute atomic E-state index is 0.0222. The van der Waals surface area contributed by atoms with E-state index in [1.54, 1.807) is 73.6 Å². The van der Waals surface area contributed by atoms with E-state index in [4.69, 9.17) is 23.7 Å². The van der Waals surface area contributed by atoms with E-state index in [0.29, 0.717) is 27.9 Å². The van der Waals surface area contributed by atoms with Crippen LogP contribution in [-0.4, -0.2) is 71.3 Å². The predicted octanol–water partition coefficient (Wildman–Crippen LogP) is 4.08. The normalized spacial score (nSPS) is 38.6. The maximum Gasteiger partial charge on any atom is 0.339 e. The van der Waals surface area contributed by atoms with Gasteiger partial charge in [0.05, 0.1) is 17.9 Å². The van der Waals surface area contributed by atoms with Crippen molar-refractivity contribution in [3.8, 4) is 0 Å². The van der Waals surface area contributed by atoms with Gasteiger partial charge in [-0.15, -0.1) is 0 Å². The fourth-order valence-electron chi connectivity index (χ4n) is 9.65. The molecule has 2 saturated heterocycles. The molecule has 0 radical (unpaired) electrons. The number of aliphatic hydroxyl groups is 1. The number of ether oxygens (including phenoxy) is 5. The van der Waals surface area contributed by atoms with Crippen molar-refractivity contribution in [3.63, 3.8) is 0 Å². The average molecular weight is 717 g/mol. The van der Waals surface area contributed by atoms with E-state index in [0.717, 1.165) is 0 Å². The Morgan fingerprint density at radius 2 is 1.42 bits per heavy atom. The van der Waals surface area contributed by atoms with Crippen LogP contribution in [0, 0.1) is 40.9 Å². The van der Waals surface area contributed by atoms with E-state index in [-0.39, 0.29) is 35.5 Å². The molecule has 0 unspecified atom stereocenters. The molecular weight excluding hydrogens is 672 g/mol. The van der Waals surface area contributed by atoms with Crippen LogP contribution in [0.2, 0.25) is 0 Å². The van der Waals surface area contributed by atoms with Crippen molar-refractivity contribution >= 4 is 35.6 Å². The zero-order valence-corrected chi connectivity index (χ0v) is 30.5. The van der Waals surface area contributed by atoms with Gasteiger partial charge in [0.25, 0.3) is 0 Å². The van der Waals surface area contributed by atoms with Crippen LogP contribution in [-0.2, 0) is 52.5 Å².